The summed E-state index contributed by atoms with van der Waals surface area (Å²) in [7, 11) is 0. The molecule has 0 radical (unpaired) electrons. The molecule has 0 saturated heterocycles. The number of anilines is 2. The minimum Gasteiger partial charge on any atom is -0.394 e. The molecule has 5 rings (SSSR count). The zero-order valence-electron chi connectivity index (χ0n) is 22.8. The SMILES string of the molecule is NC(=O)O/N=C/C1C=C2CC[C@H](NC(=O)c3cc(C(=O)NCc4cccc(CNc5c(N)c(=O)c5=O)c4)ncn3)C2=CC1. The molecule has 1 unspecified atom stereocenters. The van der Waals surface area contributed by atoms with E-state index in [9.17, 15) is 24.0 Å². The van der Waals surface area contributed by atoms with E-state index in [-0.39, 0.29) is 47.8 Å². The van der Waals surface area contributed by atoms with Gasteiger partial charge in [0.05, 0.1) is 12.3 Å². The number of nitrogen functional groups attached to an aromatic ring is 1. The third kappa shape index (κ3) is 6.64. The molecule has 1 saturated carbocycles. The quantitative estimate of drug-likeness (QED) is 0.0986. The van der Waals surface area contributed by atoms with E-state index >= 15 is 0 Å². The van der Waals surface area contributed by atoms with Crippen LogP contribution in [0.5, 0.6) is 0 Å². The number of fused-ring (bicyclic) bond motifs is 1. The molecule has 14 heteroatoms. The fourth-order valence-corrected chi connectivity index (χ4v) is 5.02. The summed E-state index contributed by atoms with van der Waals surface area (Å²) < 4.78 is 0. The predicted octanol–water partition coefficient (Wildman–Crippen LogP) is 1.04. The first-order valence-corrected chi connectivity index (χ1v) is 13.4. The average molecular weight is 585 g/mol. The van der Waals surface area contributed by atoms with Gasteiger partial charge < -0.3 is 27.4 Å². The minimum atomic E-state index is -0.978. The van der Waals surface area contributed by atoms with Crippen LogP contribution in [0.2, 0.25) is 0 Å². The summed E-state index contributed by atoms with van der Waals surface area (Å²) in [5, 5.41) is 12.2. The highest BCUT2D eigenvalue weighted by Crippen LogP contribution is 2.36. The van der Waals surface area contributed by atoms with Crippen molar-refractivity contribution in [2.75, 3.05) is 11.1 Å². The second kappa shape index (κ2) is 12.5. The van der Waals surface area contributed by atoms with Gasteiger partial charge in [-0.1, -0.05) is 41.6 Å². The largest absolute Gasteiger partial charge is 0.430 e. The molecule has 1 aromatic heterocycles. The lowest BCUT2D eigenvalue weighted by Crippen LogP contribution is -2.36. The monoisotopic (exact) mass is 584 g/mol. The maximum atomic E-state index is 13.0. The number of nitrogens with zero attached hydrogens (tertiary/aromatic N) is 3. The number of amides is 3. The Bertz CT molecular complexity index is 1750. The first-order chi connectivity index (χ1) is 20.7. The van der Waals surface area contributed by atoms with Crippen LogP contribution < -0.4 is 38.3 Å². The molecule has 0 bridgehead atoms. The molecule has 1 heterocycles. The van der Waals surface area contributed by atoms with E-state index < -0.39 is 28.8 Å². The molecule has 220 valence electrons. The number of allylic oxidation sites excluding steroid dienone is 2. The molecule has 43 heavy (non-hydrogen) atoms. The Morgan fingerprint density at radius 3 is 2.53 bits per heavy atom. The third-order valence-corrected chi connectivity index (χ3v) is 7.17. The zero-order chi connectivity index (χ0) is 30.5. The van der Waals surface area contributed by atoms with Gasteiger partial charge in [-0.25, -0.2) is 14.8 Å². The highest BCUT2D eigenvalue weighted by atomic mass is 16.7. The number of hydrogen-bond acceptors (Lipinski definition) is 11. The lowest BCUT2D eigenvalue weighted by molar-refractivity contribution is 0.0938. The summed E-state index contributed by atoms with van der Waals surface area (Å²) in [5.41, 5.74) is 13.0. The molecule has 3 amide bonds. The van der Waals surface area contributed by atoms with Crippen LogP contribution in [0, 0.1) is 5.92 Å². The number of nitrogens with two attached hydrogens (primary N) is 2. The van der Waals surface area contributed by atoms with Gasteiger partial charge in [-0.15, -0.1) is 0 Å². The van der Waals surface area contributed by atoms with Crippen molar-refractivity contribution in [1.29, 1.82) is 0 Å². The summed E-state index contributed by atoms with van der Waals surface area (Å²) in [6.45, 7) is 0.462. The molecule has 7 N–H and O–H groups in total. The number of hydrogen-bond donors (Lipinski definition) is 5. The van der Waals surface area contributed by atoms with Gasteiger partial charge in [0.1, 0.15) is 29.1 Å². The normalized spacial score (nSPS) is 17.6. The Labute approximate surface area is 244 Å². The van der Waals surface area contributed by atoms with E-state index in [0.29, 0.717) is 12.8 Å². The van der Waals surface area contributed by atoms with Crippen molar-refractivity contribution in [2.45, 2.75) is 38.4 Å². The highest BCUT2D eigenvalue weighted by Gasteiger charge is 2.30. The van der Waals surface area contributed by atoms with E-state index in [2.05, 4.69) is 35.9 Å². The van der Waals surface area contributed by atoms with Crippen molar-refractivity contribution >= 4 is 35.5 Å². The first kappa shape index (κ1) is 28.9. The Kier molecular flexibility index (Phi) is 8.36. The van der Waals surface area contributed by atoms with Crippen molar-refractivity contribution in [1.82, 2.24) is 20.6 Å². The van der Waals surface area contributed by atoms with Gasteiger partial charge in [-0.05, 0) is 41.5 Å². The molecule has 0 aliphatic heterocycles. The van der Waals surface area contributed by atoms with Gasteiger partial charge in [0.15, 0.2) is 0 Å². The minimum absolute atomic E-state index is 0.0396. The van der Waals surface area contributed by atoms with E-state index in [1.54, 1.807) is 6.07 Å². The van der Waals surface area contributed by atoms with Crippen LogP contribution in [0.4, 0.5) is 16.2 Å². The van der Waals surface area contributed by atoms with Gasteiger partial charge in [-0.3, -0.25) is 24.0 Å². The fraction of sp³-hybridized carbons (Fsp3) is 0.241. The molecule has 3 aromatic rings. The van der Waals surface area contributed by atoms with E-state index in [1.807, 2.05) is 30.4 Å². The van der Waals surface area contributed by atoms with Gasteiger partial charge >= 0.3 is 6.09 Å². The van der Waals surface area contributed by atoms with Crippen LogP contribution in [0.3, 0.4) is 0 Å². The van der Waals surface area contributed by atoms with Crippen LogP contribution in [0.25, 0.3) is 0 Å². The number of primary amides is 1. The van der Waals surface area contributed by atoms with Crippen LogP contribution in [0.15, 0.2) is 74.7 Å². The smallest absolute Gasteiger partial charge is 0.394 e. The number of benzene rings is 1. The number of rotatable bonds is 10. The summed E-state index contributed by atoms with van der Waals surface area (Å²) in [6.07, 6.45) is 7.85. The predicted molar refractivity (Wildman–Crippen MR) is 157 cm³/mol. The van der Waals surface area contributed by atoms with Crippen LogP contribution in [-0.2, 0) is 17.9 Å². The average Bonchev–Trinajstić information content (AvgIpc) is 3.41. The fourth-order valence-electron chi connectivity index (χ4n) is 5.02. The molecule has 2 aliphatic carbocycles. The Balaban J connectivity index is 1.14. The zero-order valence-corrected chi connectivity index (χ0v) is 22.8. The number of oxime groups is 1. The summed E-state index contributed by atoms with van der Waals surface area (Å²) in [6, 6.07) is 8.42. The van der Waals surface area contributed by atoms with Crippen molar-refractivity contribution in [3.8, 4) is 0 Å². The maximum absolute atomic E-state index is 13.0. The van der Waals surface area contributed by atoms with Gasteiger partial charge in [0.2, 0.25) is 0 Å². The molecular weight excluding hydrogens is 556 g/mol. The molecule has 0 spiro atoms. The first-order valence-electron chi connectivity index (χ1n) is 13.4. The molecule has 2 aromatic carbocycles. The second-order valence-electron chi connectivity index (χ2n) is 10.1. The molecule has 1 fully saturated rings. The molecule has 14 nitrogen and oxygen atoms in total. The van der Waals surface area contributed by atoms with Crippen LogP contribution >= 0.6 is 0 Å². The Morgan fingerprint density at radius 1 is 1.05 bits per heavy atom. The topological polar surface area (TPSA) is 221 Å². The van der Waals surface area contributed by atoms with Crippen molar-refractivity contribution in [2.24, 2.45) is 16.8 Å². The van der Waals surface area contributed by atoms with Gasteiger partial charge in [-0.2, -0.15) is 0 Å². The number of carbonyl (C=O) groups excluding carboxylic acids is 3. The van der Waals surface area contributed by atoms with Crippen LogP contribution in [0.1, 0.15) is 51.4 Å². The maximum Gasteiger partial charge on any atom is 0.430 e. The van der Waals surface area contributed by atoms with Gasteiger partial charge in [0, 0.05) is 25.1 Å². The van der Waals surface area contributed by atoms with Crippen molar-refractivity contribution < 1.29 is 19.2 Å². The lowest BCUT2D eigenvalue weighted by Gasteiger charge is -2.19. The van der Waals surface area contributed by atoms with Gasteiger partial charge in [0.25, 0.3) is 22.7 Å². The van der Waals surface area contributed by atoms with E-state index in [1.165, 1.54) is 18.6 Å². The van der Waals surface area contributed by atoms with Crippen LogP contribution in [-0.4, -0.2) is 40.1 Å². The number of nitrogens with one attached hydrogen (secondary N) is 3. The van der Waals surface area contributed by atoms with Crippen molar-refractivity contribution in [3.63, 3.8) is 0 Å². The number of carbonyl (C=O) groups is 3. The Hall–Kier alpha value is -5.66. The van der Waals surface area contributed by atoms with Crippen molar-refractivity contribution in [3.05, 3.63) is 103 Å². The van der Waals surface area contributed by atoms with E-state index in [0.717, 1.165) is 28.7 Å². The third-order valence-electron chi connectivity index (χ3n) is 7.17. The molecular formula is C29H28N8O6. The summed E-state index contributed by atoms with van der Waals surface area (Å²) >= 11 is 0. The van der Waals surface area contributed by atoms with E-state index in [4.69, 9.17) is 11.5 Å². The number of aromatic nitrogens is 2. The Morgan fingerprint density at radius 2 is 1.79 bits per heavy atom. The summed E-state index contributed by atoms with van der Waals surface area (Å²) in [4.78, 5) is 71.9. The second-order valence-corrected chi connectivity index (χ2v) is 10.1. The standard InChI is InChI=1S/C29H28N8O6/c30-23-24(26(39)25(23)38)32-11-15-2-1-3-16(8-15)12-33-27(40)21-10-22(35-14-34-21)28(41)37-20-7-5-18-9-17(4-6-19(18)20)13-36-43-29(31)42/h1-3,6,8-10,13-14,17,20,32H,4-5,7,11-12,30H2,(H2,31,42)(H,33,40)(H,37,41)/b36-13+/t17?,20-/m0/s1. The highest BCUT2D eigenvalue weighted by molar-refractivity contribution is 5.97. The molecule has 2 atom stereocenters. The molecule has 2 aliphatic rings. The summed E-state index contributed by atoms with van der Waals surface area (Å²) in [5.74, 6) is -0.952. The lowest BCUT2D eigenvalue weighted by atomic mass is 9.92.